The molecule has 0 aliphatic heterocycles. The molecule has 0 radical (unpaired) electrons. The first kappa shape index (κ1) is 23.3. The normalized spacial score (nSPS) is 12.3. The summed E-state index contributed by atoms with van der Waals surface area (Å²) in [6.07, 6.45) is 1.16. The fourth-order valence-corrected chi connectivity index (χ4v) is 3.59. The van der Waals surface area contributed by atoms with Gasteiger partial charge in [-0.2, -0.15) is 0 Å². The van der Waals surface area contributed by atoms with Crippen LogP contribution in [0.4, 0.5) is 0 Å². The quantitative estimate of drug-likeness (QED) is 0.295. The summed E-state index contributed by atoms with van der Waals surface area (Å²) in [5.74, 6) is 0.231. The van der Waals surface area contributed by atoms with Crippen molar-refractivity contribution in [3.8, 4) is 11.5 Å². The molecule has 1 atom stereocenters. The second kappa shape index (κ2) is 10.8. The minimum atomic E-state index is -0.999. The standard InChI is InChI=1S/C25H22BrIO4/c1-16-15-22(11-12-24(16)31-17(2)25(28)29)30-14-13-23(18-3-7-20(26)8-4-18)19-5-9-21(27)10-6-19/h3-13,15,17H,14H2,1-2H3,(H,28,29)/b23-13+. The Balaban J connectivity index is 1.78. The summed E-state index contributed by atoms with van der Waals surface area (Å²) in [6, 6.07) is 22.0. The average molecular weight is 593 g/mol. The Kier molecular flexibility index (Phi) is 8.15. The molecule has 6 heteroatoms. The molecule has 0 heterocycles. The second-order valence-corrected chi connectivity index (χ2v) is 9.13. The van der Waals surface area contributed by atoms with Gasteiger partial charge in [-0.1, -0.05) is 40.2 Å². The minimum Gasteiger partial charge on any atom is -0.489 e. The van der Waals surface area contributed by atoms with Gasteiger partial charge in [0.2, 0.25) is 0 Å². The van der Waals surface area contributed by atoms with Crippen LogP contribution in [0.2, 0.25) is 0 Å². The molecule has 0 spiro atoms. The molecule has 0 bridgehead atoms. The van der Waals surface area contributed by atoms with Gasteiger partial charge in [0.05, 0.1) is 0 Å². The van der Waals surface area contributed by atoms with E-state index < -0.39 is 12.1 Å². The zero-order valence-corrected chi connectivity index (χ0v) is 20.9. The lowest BCUT2D eigenvalue weighted by Crippen LogP contribution is -2.23. The minimum absolute atomic E-state index is 0.391. The van der Waals surface area contributed by atoms with Crippen LogP contribution in [-0.4, -0.2) is 23.8 Å². The van der Waals surface area contributed by atoms with Crippen LogP contribution >= 0.6 is 38.5 Å². The monoisotopic (exact) mass is 592 g/mol. The van der Waals surface area contributed by atoms with E-state index in [1.807, 2.05) is 25.1 Å². The van der Waals surface area contributed by atoms with Crippen LogP contribution < -0.4 is 9.47 Å². The molecule has 0 aliphatic carbocycles. The molecule has 0 saturated heterocycles. The van der Waals surface area contributed by atoms with Crippen molar-refractivity contribution in [3.05, 3.63) is 97.5 Å². The van der Waals surface area contributed by atoms with E-state index in [4.69, 9.17) is 14.6 Å². The lowest BCUT2D eigenvalue weighted by atomic mass is 9.98. The Morgan fingerprint density at radius 2 is 1.68 bits per heavy atom. The number of carbonyl (C=O) groups is 1. The summed E-state index contributed by atoms with van der Waals surface area (Å²) in [6.45, 7) is 3.76. The van der Waals surface area contributed by atoms with E-state index in [0.717, 1.165) is 26.7 Å². The molecule has 0 fully saturated rings. The van der Waals surface area contributed by atoms with Gasteiger partial charge < -0.3 is 14.6 Å². The fourth-order valence-electron chi connectivity index (χ4n) is 2.97. The molecule has 160 valence electrons. The Hall–Kier alpha value is -2.32. The summed E-state index contributed by atoms with van der Waals surface area (Å²) in [5, 5.41) is 9.02. The van der Waals surface area contributed by atoms with Gasteiger partial charge >= 0.3 is 5.97 Å². The van der Waals surface area contributed by atoms with Crippen LogP contribution in [0.15, 0.2) is 77.3 Å². The highest BCUT2D eigenvalue weighted by molar-refractivity contribution is 14.1. The van der Waals surface area contributed by atoms with Crippen molar-refractivity contribution >= 4 is 50.1 Å². The molecule has 3 aromatic rings. The van der Waals surface area contributed by atoms with Crippen LogP contribution in [0.3, 0.4) is 0 Å². The Labute approximate surface area is 204 Å². The van der Waals surface area contributed by atoms with E-state index in [9.17, 15) is 4.79 Å². The highest BCUT2D eigenvalue weighted by Gasteiger charge is 2.14. The van der Waals surface area contributed by atoms with Crippen molar-refractivity contribution in [3.63, 3.8) is 0 Å². The van der Waals surface area contributed by atoms with Gasteiger partial charge in [0.25, 0.3) is 0 Å². The molecule has 31 heavy (non-hydrogen) atoms. The van der Waals surface area contributed by atoms with E-state index in [2.05, 4.69) is 81.0 Å². The van der Waals surface area contributed by atoms with Crippen molar-refractivity contribution in [2.75, 3.05) is 6.61 Å². The molecule has 0 amide bonds. The van der Waals surface area contributed by atoms with Crippen LogP contribution in [0.25, 0.3) is 5.57 Å². The molecule has 0 aliphatic rings. The molecule has 1 N–H and O–H groups in total. The smallest absolute Gasteiger partial charge is 0.344 e. The second-order valence-electron chi connectivity index (χ2n) is 6.97. The molecular formula is C25H22BrIO4. The maximum Gasteiger partial charge on any atom is 0.344 e. The number of aryl methyl sites for hydroxylation is 1. The van der Waals surface area contributed by atoms with Gasteiger partial charge in [0, 0.05) is 8.04 Å². The Morgan fingerprint density at radius 3 is 2.26 bits per heavy atom. The summed E-state index contributed by atoms with van der Waals surface area (Å²) in [7, 11) is 0. The zero-order chi connectivity index (χ0) is 22.4. The Morgan fingerprint density at radius 1 is 1.06 bits per heavy atom. The van der Waals surface area contributed by atoms with E-state index in [0.29, 0.717) is 18.1 Å². The molecular weight excluding hydrogens is 571 g/mol. The van der Waals surface area contributed by atoms with Crippen molar-refractivity contribution in [1.29, 1.82) is 0 Å². The predicted octanol–water partition coefficient (Wildman–Crippen LogP) is 6.72. The summed E-state index contributed by atoms with van der Waals surface area (Å²) in [5.41, 5.74) is 4.14. The maximum absolute atomic E-state index is 11.0. The Bertz CT molecular complexity index is 1030. The van der Waals surface area contributed by atoms with Crippen LogP contribution in [0.5, 0.6) is 11.5 Å². The lowest BCUT2D eigenvalue weighted by Gasteiger charge is -2.14. The maximum atomic E-state index is 11.0. The molecule has 3 aromatic carbocycles. The topological polar surface area (TPSA) is 55.8 Å². The SMILES string of the molecule is Cc1cc(OC/C=C(\c2ccc(Br)cc2)c2ccc(I)cc2)ccc1OC(C)C(=O)O. The van der Waals surface area contributed by atoms with E-state index in [1.54, 1.807) is 12.1 Å². The molecule has 0 aromatic heterocycles. The van der Waals surface area contributed by atoms with Crippen molar-refractivity contribution in [2.45, 2.75) is 20.0 Å². The van der Waals surface area contributed by atoms with E-state index in [-0.39, 0.29) is 0 Å². The van der Waals surface area contributed by atoms with Crippen molar-refractivity contribution in [2.24, 2.45) is 0 Å². The first-order valence-corrected chi connectivity index (χ1v) is 11.6. The molecule has 0 saturated carbocycles. The van der Waals surface area contributed by atoms with E-state index >= 15 is 0 Å². The number of carboxylic acids is 1. The zero-order valence-electron chi connectivity index (χ0n) is 17.1. The van der Waals surface area contributed by atoms with Gasteiger partial charge in [0.15, 0.2) is 6.10 Å². The summed E-state index contributed by atoms with van der Waals surface area (Å²) >= 11 is 5.79. The summed E-state index contributed by atoms with van der Waals surface area (Å²) < 4.78 is 13.6. The van der Waals surface area contributed by atoms with Crippen molar-refractivity contribution < 1.29 is 19.4 Å². The first-order chi connectivity index (χ1) is 14.8. The third-order valence-corrected chi connectivity index (χ3v) is 5.89. The number of hydrogen-bond acceptors (Lipinski definition) is 3. The number of hydrogen-bond donors (Lipinski definition) is 1. The number of carboxylic acid groups (broad SMARTS) is 1. The van der Waals surface area contributed by atoms with Crippen LogP contribution in [0.1, 0.15) is 23.6 Å². The number of ether oxygens (including phenoxy) is 2. The predicted molar refractivity (Wildman–Crippen MR) is 135 cm³/mol. The summed E-state index contributed by atoms with van der Waals surface area (Å²) in [4.78, 5) is 11.0. The third-order valence-electron chi connectivity index (χ3n) is 4.65. The number of benzene rings is 3. The van der Waals surface area contributed by atoms with Crippen LogP contribution in [-0.2, 0) is 4.79 Å². The van der Waals surface area contributed by atoms with E-state index in [1.165, 1.54) is 10.5 Å². The van der Waals surface area contributed by atoms with Gasteiger partial charge in [-0.25, -0.2) is 4.79 Å². The third kappa shape index (κ3) is 6.58. The number of aliphatic carboxylic acids is 1. The average Bonchev–Trinajstić information content (AvgIpc) is 2.74. The van der Waals surface area contributed by atoms with Crippen LogP contribution in [0, 0.1) is 10.5 Å². The fraction of sp³-hybridized carbons (Fsp3) is 0.160. The number of halogens is 2. The van der Waals surface area contributed by atoms with Crippen molar-refractivity contribution in [1.82, 2.24) is 0 Å². The highest BCUT2D eigenvalue weighted by Crippen LogP contribution is 2.27. The highest BCUT2D eigenvalue weighted by atomic mass is 127. The first-order valence-electron chi connectivity index (χ1n) is 9.68. The van der Waals surface area contributed by atoms with Gasteiger partial charge in [-0.05, 0) is 107 Å². The molecule has 1 unspecified atom stereocenters. The largest absolute Gasteiger partial charge is 0.489 e. The van der Waals surface area contributed by atoms with Gasteiger partial charge in [-0.3, -0.25) is 0 Å². The van der Waals surface area contributed by atoms with Gasteiger partial charge in [0.1, 0.15) is 18.1 Å². The molecule has 3 rings (SSSR count). The van der Waals surface area contributed by atoms with Gasteiger partial charge in [-0.15, -0.1) is 0 Å². The number of rotatable bonds is 8. The molecule has 4 nitrogen and oxygen atoms in total. The lowest BCUT2D eigenvalue weighted by molar-refractivity contribution is -0.144.